The van der Waals surface area contributed by atoms with Gasteiger partial charge in [0.05, 0.1) is 5.56 Å². The van der Waals surface area contributed by atoms with E-state index in [-0.39, 0.29) is 20.9 Å². The predicted molar refractivity (Wildman–Crippen MR) is 106 cm³/mol. The van der Waals surface area contributed by atoms with Gasteiger partial charge < -0.3 is 20.1 Å². The van der Waals surface area contributed by atoms with Gasteiger partial charge in [-0.25, -0.2) is 9.37 Å². The van der Waals surface area contributed by atoms with E-state index in [2.05, 4.69) is 15.0 Å². The third-order valence-electron chi connectivity index (χ3n) is 3.81. The molecule has 0 aliphatic heterocycles. The van der Waals surface area contributed by atoms with Crippen molar-refractivity contribution in [2.45, 2.75) is 16.3 Å². The first-order valence-electron chi connectivity index (χ1n) is 8.57. The molecule has 0 radical (unpaired) electrons. The van der Waals surface area contributed by atoms with Gasteiger partial charge in [-0.05, 0) is 54.0 Å². The SMILES string of the molecule is O=C(Nc1ccc(F)cc1)c1ccc(Sc2cc(OC(F)(F)F)ccc2B(O)O)nc1. The average molecular weight is 452 g/mol. The van der Waals surface area contributed by atoms with Gasteiger partial charge in [-0.15, -0.1) is 13.2 Å². The summed E-state index contributed by atoms with van der Waals surface area (Å²) in [5.74, 6) is -1.48. The summed E-state index contributed by atoms with van der Waals surface area (Å²) in [6.07, 6.45) is -3.66. The van der Waals surface area contributed by atoms with E-state index in [0.717, 1.165) is 30.0 Å². The molecule has 0 fully saturated rings. The van der Waals surface area contributed by atoms with Crippen molar-refractivity contribution in [2.24, 2.45) is 0 Å². The number of alkyl halides is 3. The second-order valence-corrected chi connectivity index (χ2v) is 7.13. The zero-order chi connectivity index (χ0) is 22.6. The number of amides is 1. The molecular weight excluding hydrogens is 439 g/mol. The summed E-state index contributed by atoms with van der Waals surface area (Å²) >= 11 is 0.857. The van der Waals surface area contributed by atoms with Crippen molar-refractivity contribution in [3.63, 3.8) is 0 Å². The molecule has 0 aliphatic rings. The molecule has 3 rings (SSSR count). The molecule has 0 spiro atoms. The fourth-order valence-corrected chi connectivity index (χ4v) is 3.37. The van der Waals surface area contributed by atoms with Crippen LogP contribution in [0, 0.1) is 5.82 Å². The Kier molecular flexibility index (Phi) is 6.83. The van der Waals surface area contributed by atoms with Crippen molar-refractivity contribution < 1.29 is 37.1 Å². The number of carbonyl (C=O) groups is 1. The van der Waals surface area contributed by atoms with Gasteiger partial charge in [0.25, 0.3) is 5.91 Å². The highest BCUT2D eigenvalue weighted by Crippen LogP contribution is 2.30. The van der Waals surface area contributed by atoms with Crippen LogP contribution in [0.25, 0.3) is 0 Å². The van der Waals surface area contributed by atoms with Crippen LogP contribution in [0.5, 0.6) is 5.75 Å². The summed E-state index contributed by atoms with van der Waals surface area (Å²) < 4.78 is 54.2. The second-order valence-electron chi connectivity index (χ2n) is 6.07. The number of aromatic nitrogens is 1. The third-order valence-corrected chi connectivity index (χ3v) is 4.84. The number of nitrogens with zero attached hydrogens (tertiary/aromatic N) is 1. The molecule has 0 unspecified atom stereocenters. The van der Waals surface area contributed by atoms with E-state index in [4.69, 9.17) is 0 Å². The van der Waals surface area contributed by atoms with Gasteiger partial charge in [0.15, 0.2) is 0 Å². The van der Waals surface area contributed by atoms with E-state index >= 15 is 0 Å². The number of hydrogen-bond acceptors (Lipinski definition) is 6. The first-order valence-corrected chi connectivity index (χ1v) is 9.39. The average Bonchev–Trinajstić information content (AvgIpc) is 2.69. The molecule has 1 amide bonds. The number of nitrogens with one attached hydrogen (secondary N) is 1. The Bertz CT molecular complexity index is 1060. The maximum atomic E-state index is 12.9. The highest BCUT2D eigenvalue weighted by atomic mass is 32.2. The zero-order valence-corrected chi connectivity index (χ0v) is 16.2. The van der Waals surface area contributed by atoms with E-state index in [9.17, 15) is 32.4 Å². The molecule has 0 bridgehead atoms. The van der Waals surface area contributed by atoms with Crippen molar-refractivity contribution in [3.05, 3.63) is 72.2 Å². The molecule has 0 atom stereocenters. The van der Waals surface area contributed by atoms with E-state index < -0.39 is 31.0 Å². The minimum atomic E-state index is -4.90. The largest absolute Gasteiger partial charge is 0.573 e. The topological polar surface area (TPSA) is 91.7 Å². The minimum absolute atomic E-state index is 0.0422. The number of benzene rings is 2. The molecule has 31 heavy (non-hydrogen) atoms. The van der Waals surface area contributed by atoms with Crippen LogP contribution in [0.4, 0.5) is 23.2 Å². The first-order chi connectivity index (χ1) is 14.6. The van der Waals surface area contributed by atoms with Crippen LogP contribution in [0.2, 0.25) is 0 Å². The lowest BCUT2D eigenvalue weighted by atomic mass is 9.80. The van der Waals surface area contributed by atoms with Crippen LogP contribution in [0.1, 0.15) is 10.4 Å². The van der Waals surface area contributed by atoms with Gasteiger partial charge >= 0.3 is 13.5 Å². The lowest BCUT2D eigenvalue weighted by Gasteiger charge is -2.13. The van der Waals surface area contributed by atoms with Crippen molar-refractivity contribution in [3.8, 4) is 5.75 Å². The van der Waals surface area contributed by atoms with Crippen molar-refractivity contribution >= 4 is 35.9 Å². The lowest BCUT2D eigenvalue weighted by Crippen LogP contribution is -2.31. The fraction of sp³-hybridized carbons (Fsp3) is 0.0526. The Balaban J connectivity index is 1.76. The molecule has 0 aliphatic carbocycles. The van der Waals surface area contributed by atoms with E-state index in [1.807, 2.05) is 0 Å². The van der Waals surface area contributed by atoms with Crippen LogP contribution in [0.3, 0.4) is 0 Å². The molecule has 6 nitrogen and oxygen atoms in total. The van der Waals surface area contributed by atoms with E-state index in [1.54, 1.807) is 0 Å². The quantitative estimate of drug-likeness (QED) is 0.393. The zero-order valence-electron chi connectivity index (χ0n) is 15.4. The summed E-state index contributed by atoms with van der Waals surface area (Å²) in [5.41, 5.74) is 0.526. The van der Waals surface area contributed by atoms with E-state index in [1.165, 1.54) is 42.6 Å². The normalized spacial score (nSPS) is 11.2. The van der Waals surface area contributed by atoms with Crippen LogP contribution < -0.4 is 15.5 Å². The number of pyridine rings is 1. The summed E-state index contributed by atoms with van der Waals surface area (Å²) in [5, 5.41) is 21.8. The highest BCUT2D eigenvalue weighted by molar-refractivity contribution is 7.99. The monoisotopic (exact) mass is 452 g/mol. The maximum Gasteiger partial charge on any atom is 0.573 e. The summed E-state index contributed by atoms with van der Waals surface area (Å²) in [6, 6.07) is 11.1. The fourth-order valence-electron chi connectivity index (χ4n) is 2.44. The molecule has 0 saturated carbocycles. The van der Waals surface area contributed by atoms with Crippen LogP contribution in [-0.4, -0.2) is 34.4 Å². The predicted octanol–water partition coefficient (Wildman–Crippen LogP) is 3.20. The number of ether oxygens (including phenoxy) is 1. The maximum absolute atomic E-state index is 12.9. The molecule has 160 valence electrons. The number of hydrogen-bond donors (Lipinski definition) is 3. The van der Waals surface area contributed by atoms with Crippen LogP contribution in [-0.2, 0) is 0 Å². The van der Waals surface area contributed by atoms with Gasteiger partial charge in [0, 0.05) is 16.8 Å². The summed E-state index contributed by atoms with van der Waals surface area (Å²) in [7, 11) is -1.93. The molecule has 3 aromatic rings. The van der Waals surface area contributed by atoms with Crippen molar-refractivity contribution in [1.29, 1.82) is 0 Å². The lowest BCUT2D eigenvalue weighted by molar-refractivity contribution is -0.274. The number of halogens is 4. The molecule has 1 heterocycles. The smallest absolute Gasteiger partial charge is 0.423 e. The second kappa shape index (κ2) is 9.37. The first kappa shape index (κ1) is 22.6. The van der Waals surface area contributed by atoms with Gasteiger partial charge in [-0.3, -0.25) is 4.79 Å². The number of carbonyl (C=O) groups excluding carboxylic acids is 1. The summed E-state index contributed by atoms with van der Waals surface area (Å²) in [6.45, 7) is 0. The molecule has 12 heteroatoms. The summed E-state index contributed by atoms with van der Waals surface area (Å²) in [4.78, 5) is 16.4. The Labute approximate surface area is 178 Å². The Hall–Kier alpha value is -3.09. The van der Waals surface area contributed by atoms with Gasteiger partial charge in [0.2, 0.25) is 0 Å². The van der Waals surface area contributed by atoms with Gasteiger partial charge in [-0.1, -0.05) is 17.8 Å². The van der Waals surface area contributed by atoms with Gasteiger partial charge in [-0.2, -0.15) is 0 Å². The minimum Gasteiger partial charge on any atom is -0.423 e. The molecule has 1 aromatic heterocycles. The Morgan fingerprint density at radius 1 is 1.06 bits per heavy atom. The van der Waals surface area contributed by atoms with Gasteiger partial charge in [0.1, 0.15) is 16.6 Å². The van der Waals surface area contributed by atoms with Crippen molar-refractivity contribution in [1.82, 2.24) is 4.98 Å². The van der Waals surface area contributed by atoms with E-state index in [0.29, 0.717) is 5.69 Å². The Morgan fingerprint density at radius 2 is 1.77 bits per heavy atom. The third kappa shape index (κ3) is 6.44. The number of rotatable bonds is 6. The molecule has 3 N–H and O–H groups in total. The molecule has 0 saturated heterocycles. The molecular formula is C19H13BF4N2O4S. The van der Waals surface area contributed by atoms with Crippen LogP contribution in [0.15, 0.2) is 70.7 Å². The highest BCUT2D eigenvalue weighted by Gasteiger charge is 2.31. The van der Waals surface area contributed by atoms with Crippen molar-refractivity contribution in [2.75, 3.05) is 5.32 Å². The number of anilines is 1. The standard InChI is InChI=1S/C19H13BF4N2O4S/c21-12-2-4-13(5-3-12)26-18(27)11-1-8-17(25-10-11)31-16-9-14(30-19(22,23)24)6-7-15(16)20(28)29/h1-10,28-29H,(H,26,27). The Morgan fingerprint density at radius 3 is 2.35 bits per heavy atom. The van der Waals surface area contributed by atoms with Crippen LogP contribution >= 0.6 is 11.8 Å². The molecule has 2 aromatic carbocycles.